The van der Waals surface area contributed by atoms with E-state index in [-0.39, 0.29) is 0 Å². The first-order valence-electron chi connectivity index (χ1n) is 7.27. The number of benzene rings is 1. The highest BCUT2D eigenvalue weighted by atomic mass is 16.5. The van der Waals surface area contributed by atoms with Gasteiger partial charge in [0.2, 0.25) is 0 Å². The van der Waals surface area contributed by atoms with Crippen molar-refractivity contribution in [3.8, 4) is 11.8 Å². The summed E-state index contributed by atoms with van der Waals surface area (Å²) >= 11 is 0. The van der Waals surface area contributed by atoms with Crippen LogP contribution in [0.1, 0.15) is 38.8 Å². The molecule has 0 fully saturated rings. The summed E-state index contributed by atoms with van der Waals surface area (Å²) < 4.78 is 5.35. The largest absolute Gasteiger partial charge is 0.496 e. The van der Waals surface area contributed by atoms with E-state index in [2.05, 4.69) is 39.1 Å². The molecule has 1 aromatic rings. The number of hydrogen-bond donors (Lipinski definition) is 1. The summed E-state index contributed by atoms with van der Waals surface area (Å²) in [7, 11) is 1.66. The number of hydrogen-bond acceptors (Lipinski definition) is 3. The first-order chi connectivity index (χ1) is 9.49. The van der Waals surface area contributed by atoms with Gasteiger partial charge in [0.25, 0.3) is 0 Å². The van der Waals surface area contributed by atoms with E-state index in [1.54, 1.807) is 13.2 Å². The molecule has 0 unspecified atom stereocenters. The predicted molar refractivity (Wildman–Crippen MR) is 82.6 cm³/mol. The summed E-state index contributed by atoms with van der Waals surface area (Å²) in [5.74, 6) is 2.81. The average molecular weight is 274 g/mol. The predicted octanol–water partition coefficient (Wildman–Crippen LogP) is 3.58. The Bertz CT molecular complexity index is 453. The second-order valence-corrected chi connectivity index (χ2v) is 5.92. The second kappa shape index (κ2) is 7.91. The summed E-state index contributed by atoms with van der Waals surface area (Å²) in [6.45, 7) is 10.8. The lowest BCUT2D eigenvalue weighted by Crippen LogP contribution is -2.29. The summed E-state index contributed by atoms with van der Waals surface area (Å²) in [4.78, 5) is 0. The van der Waals surface area contributed by atoms with Gasteiger partial charge < -0.3 is 10.1 Å². The molecule has 0 bridgehead atoms. The molecule has 0 heterocycles. The highest BCUT2D eigenvalue weighted by Crippen LogP contribution is 2.22. The van der Waals surface area contributed by atoms with E-state index < -0.39 is 0 Å². The van der Waals surface area contributed by atoms with E-state index >= 15 is 0 Å². The topological polar surface area (TPSA) is 45.0 Å². The van der Waals surface area contributed by atoms with Gasteiger partial charge in [-0.25, -0.2) is 0 Å². The van der Waals surface area contributed by atoms with E-state index in [4.69, 9.17) is 10.00 Å². The third kappa shape index (κ3) is 4.54. The molecular weight excluding hydrogens is 248 g/mol. The van der Waals surface area contributed by atoms with Crippen molar-refractivity contribution < 1.29 is 4.74 Å². The second-order valence-electron chi connectivity index (χ2n) is 5.92. The molecule has 0 aliphatic heterocycles. The molecular formula is C17H26N2O. The molecule has 0 aliphatic rings. The van der Waals surface area contributed by atoms with Gasteiger partial charge in [0.05, 0.1) is 18.7 Å². The molecule has 0 radical (unpaired) electrons. The number of rotatable bonds is 7. The summed E-state index contributed by atoms with van der Waals surface area (Å²) in [5, 5.41) is 12.5. The van der Waals surface area contributed by atoms with Crippen LogP contribution in [0.15, 0.2) is 18.2 Å². The lowest BCUT2D eigenvalue weighted by Gasteiger charge is -2.25. The molecule has 1 rings (SSSR count). The quantitative estimate of drug-likeness (QED) is 0.826. The first kappa shape index (κ1) is 16.5. The van der Waals surface area contributed by atoms with Crippen LogP contribution in [0.2, 0.25) is 0 Å². The molecule has 3 heteroatoms. The molecule has 0 amide bonds. The van der Waals surface area contributed by atoms with Crippen LogP contribution in [0.25, 0.3) is 0 Å². The normalized spacial score (nSPS) is 11.2. The minimum Gasteiger partial charge on any atom is -0.496 e. The summed E-state index contributed by atoms with van der Waals surface area (Å²) in [5.41, 5.74) is 1.71. The van der Waals surface area contributed by atoms with Gasteiger partial charge in [0, 0.05) is 12.1 Å². The van der Waals surface area contributed by atoms with Crippen LogP contribution in [-0.4, -0.2) is 13.7 Å². The summed E-state index contributed by atoms with van der Waals surface area (Å²) in [6.07, 6.45) is 0. The Morgan fingerprint density at radius 3 is 2.35 bits per heavy atom. The Hall–Kier alpha value is -1.53. The molecule has 0 atom stereocenters. The van der Waals surface area contributed by atoms with Crippen molar-refractivity contribution in [1.82, 2.24) is 5.32 Å². The molecule has 1 aromatic carbocycles. The first-order valence-corrected chi connectivity index (χ1v) is 7.27. The molecule has 1 N–H and O–H groups in total. The van der Waals surface area contributed by atoms with Gasteiger partial charge in [0.1, 0.15) is 5.75 Å². The van der Waals surface area contributed by atoms with Crippen LogP contribution in [0, 0.1) is 29.1 Å². The van der Waals surface area contributed by atoms with E-state index in [1.165, 1.54) is 0 Å². The lowest BCUT2D eigenvalue weighted by molar-refractivity contribution is 0.275. The maximum Gasteiger partial charge on any atom is 0.123 e. The van der Waals surface area contributed by atoms with Crippen molar-refractivity contribution in [2.45, 2.75) is 34.2 Å². The maximum absolute atomic E-state index is 8.97. The average Bonchev–Trinajstić information content (AvgIpc) is 2.42. The summed E-state index contributed by atoms with van der Waals surface area (Å²) in [6, 6.07) is 7.71. The molecule has 0 saturated carbocycles. The highest BCUT2D eigenvalue weighted by Gasteiger charge is 2.17. The lowest BCUT2D eigenvalue weighted by atomic mass is 9.85. The SMILES string of the molecule is COc1ccc(C#N)cc1CNCC(C(C)C)C(C)C. The number of methoxy groups -OCH3 is 1. The number of nitrogens with zero attached hydrogens (tertiary/aromatic N) is 1. The Morgan fingerprint density at radius 1 is 1.20 bits per heavy atom. The van der Waals surface area contributed by atoms with Crippen molar-refractivity contribution in [1.29, 1.82) is 5.26 Å². The molecule has 0 aromatic heterocycles. The molecule has 110 valence electrons. The monoisotopic (exact) mass is 274 g/mol. The van der Waals surface area contributed by atoms with Crippen LogP contribution in [0.3, 0.4) is 0 Å². The van der Waals surface area contributed by atoms with Crippen LogP contribution in [0.4, 0.5) is 0 Å². The van der Waals surface area contributed by atoms with Gasteiger partial charge in [-0.15, -0.1) is 0 Å². The molecule has 3 nitrogen and oxygen atoms in total. The Balaban J connectivity index is 2.67. The molecule has 0 spiro atoms. The smallest absolute Gasteiger partial charge is 0.123 e. The van der Waals surface area contributed by atoms with Crippen LogP contribution in [-0.2, 0) is 6.54 Å². The van der Waals surface area contributed by atoms with Gasteiger partial charge >= 0.3 is 0 Å². The molecule has 20 heavy (non-hydrogen) atoms. The molecule has 0 aliphatic carbocycles. The van der Waals surface area contributed by atoms with Gasteiger partial charge in [-0.3, -0.25) is 0 Å². The van der Waals surface area contributed by atoms with E-state index in [0.717, 1.165) is 24.4 Å². The van der Waals surface area contributed by atoms with Crippen molar-refractivity contribution in [2.75, 3.05) is 13.7 Å². The standard InChI is InChI=1S/C17H26N2O/c1-12(2)16(13(3)4)11-19-10-15-8-14(9-18)6-7-17(15)20-5/h6-8,12-13,16,19H,10-11H2,1-5H3. The van der Waals surface area contributed by atoms with Crippen molar-refractivity contribution >= 4 is 0 Å². The third-order valence-electron chi connectivity index (χ3n) is 3.82. The maximum atomic E-state index is 8.97. The highest BCUT2D eigenvalue weighted by molar-refractivity contribution is 5.41. The van der Waals surface area contributed by atoms with Crippen molar-refractivity contribution in [2.24, 2.45) is 17.8 Å². The Labute approximate surface area is 123 Å². The van der Waals surface area contributed by atoms with Crippen LogP contribution in [0.5, 0.6) is 5.75 Å². The van der Waals surface area contributed by atoms with Gasteiger partial charge in [-0.05, 0) is 42.5 Å². The number of nitriles is 1. The zero-order chi connectivity index (χ0) is 15.1. The minimum atomic E-state index is 0.653. The number of ether oxygens (including phenoxy) is 1. The zero-order valence-electron chi connectivity index (χ0n) is 13.2. The Kier molecular flexibility index (Phi) is 6.54. The van der Waals surface area contributed by atoms with Crippen molar-refractivity contribution in [3.05, 3.63) is 29.3 Å². The van der Waals surface area contributed by atoms with Gasteiger partial charge in [0.15, 0.2) is 0 Å². The van der Waals surface area contributed by atoms with Gasteiger partial charge in [-0.2, -0.15) is 5.26 Å². The minimum absolute atomic E-state index is 0.653. The van der Waals surface area contributed by atoms with E-state index in [9.17, 15) is 0 Å². The van der Waals surface area contributed by atoms with E-state index in [1.807, 2.05) is 12.1 Å². The van der Waals surface area contributed by atoms with Gasteiger partial charge in [-0.1, -0.05) is 27.7 Å². The van der Waals surface area contributed by atoms with Crippen LogP contribution >= 0.6 is 0 Å². The zero-order valence-corrected chi connectivity index (χ0v) is 13.2. The number of nitrogens with one attached hydrogen (secondary N) is 1. The van der Waals surface area contributed by atoms with Crippen LogP contribution < -0.4 is 10.1 Å². The fraction of sp³-hybridized carbons (Fsp3) is 0.588. The van der Waals surface area contributed by atoms with Crippen molar-refractivity contribution in [3.63, 3.8) is 0 Å². The fourth-order valence-corrected chi connectivity index (χ4v) is 2.60. The fourth-order valence-electron chi connectivity index (χ4n) is 2.60. The Morgan fingerprint density at radius 2 is 1.85 bits per heavy atom. The molecule has 0 saturated heterocycles. The van der Waals surface area contributed by atoms with E-state index in [0.29, 0.717) is 23.3 Å². The third-order valence-corrected chi connectivity index (χ3v) is 3.82.